The van der Waals surface area contributed by atoms with Crippen molar-refractivity contribution in [1.82, 2.24) is 10.2 Å². The molecule has 1 unspecified atom stereocenters. The lowest BCUT2D eigenvalue weighted by atomic mass is 9.84. The van der Waals surface area contributed by atoms with Gasteiger partial charge in [-0.15, -0.1) is 0 Å². The number of rotatable bonds is 4. The predicted octanol–water partition coefficient (Wildman–Crippen LogP) is 2.11. The highest BCUT2D eigenvalue weighted by Gasteiger charge is 2.27. The Morgan fingerprint density at radius 3 is 2.73 bits per heavy atom. The topological polar surface area (TPSA) is 15.3 Å². The van der Waals surface area contributed by atoms with E-state index in [2.05, 4.69) is 24.1 Å². The van der Waals surface area contributed by atoms with Gasteiger partial charge in [-0.3, -0.25) is 4.90 Å². The Bertz CT molecular complexity index is 187. The molecule has 1 saturated carbocycles. The molecule has 2 nitrogen and oxygen atoms in total. The van der Waals surface area contributed by atoms with Crippen molar-refractivity contribution < 1.29 is 0 Å². The van der Waals surface area contributed by atoms with Crippen LogP contribution in [-0.2, 0) is 0 Å². The van der Waals surface area contributed by atoms with Gasteiger partial charge in [-0.05, 0) is 31.1 Å². The second kappa shape index (κ2) is 5.31. The molecule has 1 aliphatic carbocycles. The maximum atomic E-state index is 3.54. The molecule has 2 fully saturated rings. The third-order valence-corrected chi connectivity index (χ3v) is 3.93. The van der Waals surface area contributed by atoms with E-state index in [1.54, 1.807) is 0 Å². The predicted molar refractivity (Wildman–Crippen MR) is 65.0 cm³/mol. The largest absolute Gasteiger partial charge is 0.314 e. The molecule has 1 atom stereocenters. The molecule has 2 rings (SSSR count). The number of nitrogens with zero attached hydrogens (tertiary/aromatic N) is 1. The van der Waals surface area contributed by atoms with Crippen molar-refractivity contribution in [1.29, 1.82) is 0 Å². The van der Waals surface area contributed by atoms with Crippen molar-refractivity contribution in [3.63, 3.8) is 0 Å². The first-order chi connectivity index (χ1) is 7.25. The van der Waals surface area contributed by atoms with E-state index in [1.807, 2.05) is 0 Å². The molecule has 15 heavy (non-hydrogen) atoms. The van der Waals surface area contributed by atoms with Crippen molar-refractivity contribution in [3.8, 4) is 0 Å². The van der Waals surface area contributed by atoms with Crippen molar-refractivity contribution in [2.75, 3.05) is 26.2 Å². The number of hydrogen-bond acceptors (Lipinski definition) is 2. The van der Waals surface area contributed by atoms with Crippen LogP contribution in [0.3, 0.4) is 0 Å². The van der Waals surface area contributed by atoms with E-state index in [-0.39, 0.29) is 0 Å². The molecule has 0 spiro atoms. The summed E-state index contributed by atoms with van der Waals surface area (Å²) in [6.07, 6.45) is 5.81. The summed E-state index contributed by atoms with van der Waals surface area (Å²) >= 11 is 0. The van der Waals surface area contributed by atoms with Gasteiger partial charge < -0.3 is 5.32 Å². The van der Waals surface area contributed by atoms with Crippen molar-refractivity contribution >= 4 is 0 Å². The quantitative estimate of drug-likeness (QED) is 0.764. The van der Waals surface area contributed by atoms with Crippen LogP contribution in [0.1, 0.15) is 39.5 Å². The summed E-state index contributed by atoms with van der Waals surface area (Å²) in [4.78, 5) is 2.75. The number of hydrogen-bond donors (Lipinski definition) is 1. The fraction of sp³-hybridized carbons (Fsp3) is 1.00. The summed E-state index contributed by atoms with van der Waals surface area (Å²) < 4.78 is 0. The summed E-state index contributed by atoms with van der Waals surface area (Å²) in [6.45, 7) is 9.74. The lowest BCUT2D eigenvalue weighted by molar-refractivity contribution is 0.0978. The maximum Gasteiger partial charge on any atom is 0.0223 e. The average Bonchev–Trinajstić information content (AvgIpc) is 2.13. The van der Waals surface area contributed by atoms with Gasteiger partial charge >= 0.3 is 0 Å². The molecular formula is C13H26N2. The van der Waals surface area contributed by atoms with Gasteiger partial charge in [0.05, 0.1) is 0 Å². The van der Waals surface area contributed by atoms with Gasteiger partial charge in [-0.1, -0.05) is 20.3 Å². The lowest BCUT2D eigenvalue weighted by Gasteiger charge is -2.41. The van der Waals surface area contributed by atoms with Crippen LogP contribution in [-0.4, -0.2) is 37.1 Å². The monoisotopic (exact) mass is 210 g/mol. The highest BCUT2D eigenvalue weighted by molar-refractivity contribution is 4.84. The summed E-state index contributed by atoms with van der Waals surface area (Å²) in [5.41, 5.74) is 0. The third-order valence-electron chi connectivity index (χ3n) is 3.93. The average molecular weight is 210 g/mol. The van der Waals surface area contributed by atoms with E-state index in [9.17, 15) is 0 Å². The molecule has 1 N–H and O–H groups in total. The Kier molecular flexibility index (Phi) is 4.04. The number of piperazine rings is 1. The van der Waals surface area contributed by atoms with Crippen molar-refractivity contribution in [2.24, 2.45) is 11.8 Å². The summed E-state index contributed by atoms with van der Waals surface area (Å²) in [5, 5.41) is 3.54. The van der Waals surface area contributed by atoms with Crippen LogP contribution >= 0.6 is 0 Å². The summed E-state index contributed by atoms with van der Waals surface area (Å²) in [5.74, 6) is 1.86. The molecule has 0 radical (unpaired) electrons. The van der Waals surface area contributed by atoms with Crippen LogP contribution in [0.25, 0.3) is 0 Å². The van der Waals surface area contributed by atoms with Gasteiger partial charge in [0, 0.05) is 32.2 Å². The van der Waals surface area contributed by atoms with E-state index in [1.165, 1.54) is 51.9 Å². The zero-order chi connectivity index (χ0) is 10.7. The molecule has 0 aromatic heterocycles. The molecule has 0 aromatic carbocycles. The van der Waals surface area contributed by atoms with Crippen molar-refractivity contribution in [2.45, 2.75) is 45.6 Å². The highest BCUT2D eigenvalue weighted by atomic mass is 15.2. The molecule has 88 valence electrons. The second-order valence-corrected chi connectivity index (χ2v) is 5.78. The first-order valence-corrected chi connectivity index (χ1v) is 6.70. The van der Waals surface area contributed by atoms with Crippen LogP contribution in [0.15, 0.2) is 0 Å². The van der Waals surface area contributed by atoms with Gasteiger partial charge in [-0.25, -0.2) is 0 Å². The standard InChI is InChI=1S/C13H26N2/c1-11(2)8-13-9-14-6-7-15(13)10-12-4-3-5-12/h11-14H,3-10H2,1-2H3. The smallest absolute Gasteiger partial charge is 0.0223 e. The van der Waals surface area contributed by atoms with Crippen LogP contribution in [0.2, 0.25) is 0 Å². The summed E-state index contributed by atoms with van der Waals surface area (Å²) in [7, 11) is 0. The normalized spacial score (nSPS) is 29.4. The van der Waals surface area contributed by atoms with E-state index in [0.717, 1.165) is 17.9 Å². The van der Waals surface area contributed by atoms with Gasteiger partial charge in [0.25, 0.3) is 0 Å². The van der Waals surface area contributed by atoms with Crippen LogP contribution in [0.5, 0.6) is 0 Å². The fourth-order valence-corrected chi connectivity index (χ4v) is 2.83. The van der Waals surface area contributed by atoms with Crippen molar-refractivity contribution in [3.05, 3.63) is 0 Å². The highest BCUT2D eigenvalue weighted by Crippen LogP contribution is 2.28. The Morgan fingerprint density at radius 1 is 1.33 bits per heavy atom. The first-order valence-electron chi connectivity index (χ1n) is 6.70. The third kappa shape index (κ3) is 3.18. The molecule has 1 aliphatic heterocycles. The van der Waals surface area contributed by atoms with E-state index < -0.39 is 0 Å². The molecule has 0 aromatic rings. The zero-order valence-corrected chi connectivity index (χ0v) is 10.3. The molecule has 0 bridgehead atoms. The Labute approximate surface area is 94.4 Å². The molecule has 2 aliphatic rings. The Morgan fingerprint density at radius 2 is 2.13 bits per heavy atom. The van der Waals surface area contributed by atoms with Crippen LogP contribution < -0.4 is 5.32 Å². The molecule has 0 amide bonds. The molecule has 1 saturated heterocycles. The molecular weight excluding hydrogens is 184 g/mol. The van der Waals surface area contributed by atoms with Gasteiger partial charge in [0.2, 0.25) is 0 Å². The minimum Gasteiger partial charge on any atom is -0.314 e. The fourth-order valence-electron chi connectivity index (χ4n) is 2.83. The van der Waals surface area contributed by atoms with E-state index in [0.29, 0.717) is 0 Å². The summed E-state index contributed by atoms with van der Waals surface area (Å²) in [6, 6.07) is 0.805. The van der Waals surface area contributed by atoms with Gasteiger partial charge in [-0.2, -0.15) is 0 Å². The first kappa shape index (κ1) is 11.4. The van der Waals surface area contributed by atoms with Gasteiger partial charge in [0.15, 0.2) is 0 Å². The van der Waals surface area contributed by atoms with E-state index in [4.69, 9.17) is 0 Å². The molecule has 2 heteroatoms. The minimum atomic E-state index is 0.805. The minimum absolute atomic E-state index is 0.805. The Hall–Kier alpha value is -0.0800. The van der Waals surface area contributed by atoms with Crippen LogP contribution in [0.4, 0.5) is 0 Å². The Balaban J connectivity index is 1.81. The second-order valence-electron chi connectivity index (χ2n) is 5.78. The zero-order valence-electron chi connectivity index (χ0n) is 10.3. The molecule has 1 heterocycles. The SMILES string of the molecule is CC(C)CC1CNCCN1CC1CCC1. The van der Waals surface area contributed by atoms with E-state index >= 15 is 0 Å². The number of nitrogens with one attached hydrogen (secondary N) is 1. The maximum absolute atomic E-state index is 3.54. The van der Waals surface area contributed by atoms with Gasteiger partial charge in [0.1, 0.15) is 0 Å². The van der Waals surface area contributed by atoms with Crippen LogP contribution in [0, 0.1) is 11.8 Å². The lowest BCUT2D eigenvalue weighted by Crippen LogP contribution is -2.53.